The first-order valence-corrected chi connectivity index (χ1v) is 10.8. The maximum absolute atomic E-state index is 14.8. The van der Waals surface area contributed by atoms with Crippen molar-refractivity contribution in [1.82, 2.24) is 0 Å². The highest BCUT2D eigenvalue weighted by Crippen LogP contribution is 2.38. The summed E-state index contributed by atoms with van der Waals surface area (Å²) < 4.78 is 43.4. The average Bonchev–Trinajstić information content (AvgIpc) is 2.76. The van der Waals surface area contributed by atoms with Crippen LogP contribution in [-0.2, 0) is 6.42 Å². The van der Waals surface area contributed by atoms with E-state index in [0.717, 1.165) is 48.3 Å². The third-order valence-electron chi connectivity index (χ3n) is 6.53. The lowest BCUT2D eigenvalue weighted by atomic mass is 9.79. The molecule has 1 fully saturated rings. The molecule has 1 saturated carbocycles. The molecule has 3 heteroatoms. The molecule has 0 spiro atoms. The van der Waals surface area contributed by atoms with Crippen LogP contribution in [0.5, 0.6) is 0 Å². The fourth-order valence-electron chi connectivity index (χ4n) is 4.54. The summed E-state index contributed by atoms with van der Waals surface area (Å²) in [7, 11) is 0. The van der Waals surface area contributed by atoms with Gasteiger partial charge in [0.15, 0.2) is 11.6 Å². The lowest BCUT2D eigenvalue weighted by molar-refractivity contribution is 0.342. The second kappa shape index (κ2) is 8.67. The molecule has 0 heterocycles. The number of rotatable bonds is 4. The number of benzene rings is 3. The van der Waals surface area contributed by atoms with Gasteiger partial charge in [-0.2, -0.15) is 0 Å². The molecule has 1 aliphatic carbocycles. The van der Waals surface area contributed by atoms with E-state index in [1.807, 2.05) is 24.3 Å². The largest absolute Gasteiger partial charge is 0.207 e. The summed E-state index contributed by atoms with van der Waals surface area (Å²) in [6, 6.07) is 15.9. The molecule has 0 radical (unpaired) electrons. The summed E-state index contributed by atoms with van der Waals surface area (Å²) in [5.41, 5.74) is 3.68. The van der Waals surface area contributed by atoms with Crippen LogP contribution in [-0.4, -0.2) is 0 Å². The molecule has 0 atom stereocenters. The maximum atomic E-state index is 14.8. The van der Waals surface area contributed by atoms with E-state index in [2.05, 4.69) is 6.92 Å². The van der Waals surface area contributed by atoms with E-state index in [-0.39, 0.29) is 11.4 Å². The van der Waals surface area contributed by atoms with Gasteiger partial charge in [-0.1, -0.05) is 75.2 Å². The highest BCUT2D eigenvalue weighted by Gasteiger charge is 2.22. The maximum Gasteiger partial charge on any atom is 0.166 e. The number of halogens is 3. The van der Waals surface area contributed by atoms with Gasteiger partial charge in [-0.15, -0.1) is 0 Å². The quantitative estimate of drug-likeness (QED) is 0.407. The summed E-state index contributed by atoms with van der Waals surface area (Å²) in [6.45, 7) is 4.06. The standard InChI is InChI=1S/C27H27F3/c1-3-18-12-15-24(27(30)26(18)29)21-10-8-19(9-11-21)22-13-14-23(25(28)16-22)20-6-4-17(2)5-7-20/h8-17,20H,3-7H2,1-2H3. The molecule has 0 bridgehead atoms. The Labute approximate surface area is 176 Å². The van der Waals surface area contributed by atoms with Gasteiger partial charge in [0.25, 0.3) is 0 Å². The molecule has 0 unspecified atom stereocenters. The van der Waals surface area contributed by atoms with Crippen LogP contribution in [0.25, 0.3) is 22.3 Å². The molecule has 30 heavy (non-hydrogen) atoms. The van der Waals surface area contributed by atoms with Crippen LogP contribution >= 0.6 is 0 Å². The first-order valence-electron chi connectivity index (χ1n) is 10.8. The Kier molecular flexibility index (Phi) is 5.99. The normalized spacial score (nSPS) is 19.1. The lowest BCUT2D eigenvalue weighted by Crippen LogP contribution is -2.12. The zero-order valence-corrected chi connectivity index (χ0v) is 17.5. The van der Waals surface area contributed by atoms with Gasteiger partial charge in [0.1, 0.15) is 5.82 Å². The monoisotopic (exact) mass is 408 g/mol. The van der Waals surface area contributed by atoms with Crippen LogP contribution in [0.15, 0.2) is 54.6 Å². The Morgan fingerprint density at radius 1 is 0.733 bits per heavy atom. The van der Waals surface area contributed by atoms with Crippen molar-refractivity contribution in [3.05, 3.63) is 83.2 Å². The van der Waals surface area contributed by atoms with Gasteiger partial charge in [0.2, 0.25) is 0 Å². The molecule has 0 amide bonds. The molecule has 156 valence electrons. The van der Waals surface area contributed by atoms with Gasteiger partial charge in [-0.25, -0.2) is 13.2 Å². The zero-order valence-electron chi connectivity index (χ0n) is 17.5. The van der Waals surface area contributed by atoms with E-state index < -0.39 is 11.6 Å². The van der Waals surface area contributed by atoms with Gasteiger partial charge in [-0.05, 0) is 65.0 Å². The summed E-state index contributed by atoms with van der Waals surface area (Å²) in [6.07, 6.45) is 4.85. The van der Waals surface area contributed by atoms with E-state index >= 15 is 0 Å². The van der Waals surface area contributed by atoms with Gasteiger partial charge in [0.05, 0.1) is 0 Å². The molecule has 0 N–H and O–H groups in total. The van der Waals surface area contributed by atoms with E-state index in [4.69, 9.17) is 0 Å². The molecular formula is C27H27F3. The van der Waals surface area contributed by atoms with Crippen molar-refractivity contribution in [1.29, 1.82) is 0 Å². The number of hydrogen-bond acceptors (Lipinski definition) is 0. The molecule has 0 aromatic heterocycles. The van der Waals surface area contributed by atoms with Gasteiger partial charge >= 0.3 is 0 Å². The Morgan fingerprint density at radius 2 is 1.37 bits per heavy atom. The van der Waals surface area contributed by atoms with Crippen LogP contribution in [0.3, 0.4) is 0 Å². The first kappa shape index (κ1) is 20.7. The van der Waals surface area contributed by atoms with Crippen molar-refractivity contribution in [2.24, 2.45) is 5.92 Å². The second-order valence-electron chi connectivity index (χ2n) is 8.52. The fraction of sp³-hybridized carbons (Fsp3) is 0.333. The highest BCUT2D eigenvalue weighted by molar-refractivity contribution is 5.71. The molecule has 3 aromatic carbocycles. The summed E-state index contributed by atoms with van der Waals surface area (Å²) in [5.74, 6) is -0.715. The van der Waals surface area contributed by atoms with Gasteiger partial charge in [-0.3, -0.25) is 0 Å². The van der Waals surface area contributed by atoms with Crippen LogP contribution < -0.4 is 0 Å². The van der Waals surface area contributed by atoms with Crippen LogP contribution in [0.2, 0.25) is 0 Å². The van der Waals surface area contributed by atoms with E-state index in [1.165, 1.54) is 0 Å². The summed E-state index contributed by atoms with van der Waals surface area (Å²) >= 11 is 0. The first-order chi connectivity index (χ1) is 14.5. The topological polar surface area (TPSA) is 0 Å². The van der Waals surface area contributed by atoms with Gasteiger partial charge in [0, 0.05) is 5.56 Å². The molecule has 0 aliphatic heterocycles. The van der Waals surface area contributed by atoms with Crippen molar-refractivity contribution >= 4 is 0 Å². The minimum atomic E-state index is -0.820. The molecular weight excluding hydrogens is 381 g/mol. The number of hydrogen-bond donors (Lipinski definition) is 0. The summed E-state index contributed by atoms with van der Waals surface area (Å²) in [4.78, 5) is 0. The Hall–Kier alpha value is -2.55. The number of aryl methyl sites for hydroxylation is 1. The van der Waals surface area contributed by atoms with Crippen LogP contribution in [0.4, 0.5) is 13.2 Å². The van der Waals surface area contributed by atoms with Crippen molar-refractivity contribution in [2.45, 2.75) is 51.9 Å². The minimum absolute atomic E-state index is 0.153. The predicted molar refractivity (Wildman–Crippen MR) is 117 cm³/mol. The second-order valence-corrected chi connectivity index (χ2v) is 8.52. The third kappa shape index (κ3) is 4.03. The van der Waals surface area contributed by atoms with Crippen LogP contribution in [0.1, 0.15) is 56.6 Å². The molecule has 3 aromatic rings. The molecule has 0 nitrogen and oxygen atoms in total. The zero-order chi connectivity index (χ0) is 21.3. The lowest BCUT2D eigenvalue weighted by Gasteiger charge is -2.26. The summed E-state index contributed by atoms with van der Waals surface area (Å²) in [5, 5.41) is 0. The highest BCUT2D eigenvalue weighted by atomic mass is 19.2. The Morgan fingerprint density at radius 3 is 2.00 bits per heavy atom. The molecule has 4 rings (SSSR count). The Balaban J connectivity index is 1.57. The fourth-order valence-corrected chi connectivity index (χ4v) is 4.54. The van der Waals surface area contributed by atoms with Crippen LogP contribution in [0, 0.1) is 23.4 Å². The Bertz CT molecular complexity index is 1030. The smallest absolute Gasteiger partial charge is 0.166 e. The third-order valence-corrected chi connectivity index (χ3v) is 6.53. The molecule has 0 saturated heterocycles. The van der Waals surface area contributed by atoms with Gasteiger partial charge < -0.3 is 0 Å². The van der Waals surface area contributed by atoms with Crippen molar-refractivity contribution < 1.29 is 13.2 Å². The predicted octanol–water partition coefficient (Wildman–Crippen LogP) is 8.29. The van der Waals surface area contributed by atoms with E-state index in [9.17, 15) is 13.2 Å². The van der Waals surface area contributed by atoms with Crippen molar-refractivity contribution in [3.63, 3.8) is 0 Å². The molecule has 1 aliphatic rings. The van der Waals surface area contributed by atoms with E-state index in [1.54, 1.807) is 37.3 Å². The SMILES string of the molecule is CCc1ccc(-c2ccc(-c3ccc(C4CCC(C)CC4)c(F)c3)cc2)c(F)c1F. The van der Waals surface area contributed by atoms with Crippen molar-refractivity contribution in [2.75, 3.05) is 0 Å². The van der Waals surface area contributed by atoms with E-state index in [0.29, 0.717) is 23.5 Å². The van der Waals surface area contributed by atoms with Crippen molar-refractivity contribution in [3.8, 4) is 22.3 Å². The minimum Gasteiger partial charge on any atom is -0.207 e. The average molecular weight is 409 g/mol.